The summed E-state index contributed by atoms with van der Waals surface area (Å²) >= 11 is 12.1. The van der Waals surface area contributed by atoms with E-state index >= 15 is 0 Å². The molecule has 112 valence electrons. The first-order valence-corrected chi connectivity index (χ1v) is 7.59. The summed E-state index contributed by atoms with van der Waals surface area (Å²) in [5.74, 6) is 0.757. The van der Waals surface area contributed by atoms with Crippen molar-refractivity contribution in [2.24, 2.45) is 0 Å². The maximum Gasteiger partial charge on any atom is 0.133 e. The van der Waals surface area contributed by atoms with Crippen molar-refractivity contribution in [2.75, 3.05) is 0 Å². The van der Waals surface area contributed by atoms with E-state index in [0.717, 1.165) is 17.1 Å². The number of rotatable bonds is 4. The maximum atomic E-state index is 6.19. The van der Waals surface area contributed by atoms with Crippen LogP contribution in [0.4, 0.5) is 0 Å². The third-order valence-corrected chi connectivity index (χ3v) is 3.51. The molecular weight excluding hydrogens is 305 g/mol. The van der Waals surface area contributed by atoms with Crippen molar-refractivity contribution in [3.63, 3.8) is 0 Å². The van der Waals surface area contributed by atoms with Gasteiger partial charge in [0.15, 0.2) is 0 Å². The predicted molar refractivity (Wildman–Crippen MR) is 87.9 cm³/mol. The SMILES string of the molecule is CC(C)(C)NCc1ccnc(Cc2ccc(Cl)cc2Cl)n1. The highest BCUT2D eigenvalue weighted by atomic mass is 35.5. The van der Waals surface area contributed by atoms with Gasteiger partial charge in [-0.25, -0.2) is 9.97 Å². The van der Waals surface area contributed by atoms with Gasteiger partial charge in [-0.1, -0.05) is 29.3 Å². The molecule has 5 heteroatoms. The first-order valence-electron chi connectivity index (χ1n) is 6.83. The summed E-state index contributed by atoms with van der Waals surface area (Å²) in [5.41, 5.74) is 2.01. The number of nitrogens with zero attached hydrogens (tertiary/aromatic N) is 2. The Morgan fingerprint density at radius 1 is 1.14 bits per heavy atom. The standard InChI is InChI=1S/C16H19Cl2N3/c1-16(2,3)20-10-13-6-7-19-15(21-13)8-11-4-5-12(17)9-14(11)18/h4-7,9,20H,8,10H2,1-3H3. The Morgan fingerprint density at radius 2 is 1.90 bits per heavy atom. The van der Waals surface area contributed by atoms with Crippen LogP contribution in [0, 0.1) is 0 Å². The predicted octanol–water partition coefficient (Wildman–Crippen LogP) is 4.26. The van der Waals surface area contributed by atoms with Gasteiger partial charge in [0, 0.05) is 34.7 Å². The molecule has 0 aliphatic heterocycles. The Bertz CT molecular complexity index is 621. The zero-order valence-electron chi connectivity index (χ0n) is 12.5. The van der Waals surface area contributed by atoms with E-state index in [1.165, 1.54) is 0 Å². The second-order valence-corrected chi connectivity index (χ2v) is 6.82. The first-order chi connectivity index (χ1) is 9.83. The molecule has 2 rings (SSSR count). The van der Waals surface area contributed by atoms with Crippen LogP contribution in [-0.4, -0.2) is 15.5 Å². The maximum absolute atomic E-state index is 6.19. The molecule has 1 aromatic heterocycles. The fourth-order valence-electron chi connectivity index (χ4n) is 1.82. The largest absolute Gasteiger partial charge is 0.306 e. The van der Waals surface area contributed by atoms with Crippen molar-refractivity contribution >= 4 is 23.2 Å². The zero-order valence-corrected chi connectivity index (χ0v) is 14.0. The molecule has 0 atom stereocenters. The van der Waals surface area contributed by atoms with Gasteiger partial charge in [-0.2, -0.15) is 0 Å². The van der Waals surface area contributed by atoms with E-state index in [0.29, 0.717) is 23.0 Å². The summed E-state index contributed by atoms with van der Waals surface area (Å²) < 4.78 is 0. The van der Waals surface area contributed by atoms with Crippen molar-refractivity contribution < 1.29 is 0 Å². The lowest BCUT2D eigenvalue weighted by Crippen LogP contribution is -2.35. The van der Waals surface area contributed by atoms with Crippen LogP contribution in [0.1, 0.15) is 37.9 Å². The number of nitrogens with one attached hydrogen (secondary N) is 1. The van der Waals surface area contributed by atoms with Crippen LogP contribution in [0.2, 0.25) is 10.0 Å². The third kappa shape index (κ3) is 5.27. The normalized spacial score (nSPS) is 11.7. The second kappa shape index (κ2) is 6.73. The molecule has 0 bridgehead atoms. The van der Waals surface area contributed by atoms with Crippen molar-refractivity contribution in [2.45, 2.75) is 39.3 Å². The number of hydrogen-bond acceptors (Lipinski definition) is 3. The molecule has 0 aliphatic carbocycles. The van der Waals surface area contributed by atoms with Gasteiger partial charge in [0.25, 0.3) is 0 Å². The lowest BCUT2D eigenvalue weighted by Gasteiger charge is -2.20. The van der Waals surface area contributed by atoms with Gasteiger partial charge in [0.1, 0.15) is 5.82 Å². The molecule has 0 aliphatic rings. The van der Waals surface area contributed by atoms with E-state index in [1.54, 1.807) is 12.3 Å². The van der Waals surface area contributed by atoms with Gasteiger partial charge in [-0.05, 0) is 44.5 Å². The molecule has 0 saturated carbocycles. The minimum atomic E-state index is 0.0601. The quantitative estimate of drug-likeness (QED) is 0.913. The molecule has 2 aromatic rings. The highest BCUT2D eigenvalue weighted by molar-refractivity contribution is 6.35. The van der Waals surface area contributed by atoms with E-state index < -0.39 is 0 Å². The Hall–Kier alpha value is -1.16. The fraction of sp³-hybridized carbons (Fsp3) is 0.375. The number of benzene rings is 1. The van der Waals surface area contributed by atoms with E-state index in [9.17, 15) is 0 Å². The fourth-order valence-corrected chi connectivity index (χ4v) is 2.29. The molecule has 0 spiro atoms. The Balaban J connectivity index is 2.10. The van der Waals surface area contributed by atoms with Gasteiger partial charge in [-0.15, -0.1) is 0 Å². The zero-order chi connectivity index (χ0) is 15.5. The second-order valence-electron chi connectivity index (χ2n) is 5.98. The van der Waals surface area contributed by atoms with E-state index in [-0.39, 0.29) is 5.54 Å². The van der Waals surface area contributed by atoms with Crippen LogP contribution in [0.15, 0.2) is 30.5 Å². The minimum Gasteiger partial charge on any atom is -0.306 e. The van der Waals surface area contributed by atoms with Gasteiger partial charge in [-0.3, -0.25) is 0 Å². The average Bonchev–Trinajstić information content (AvgIpc) is 2.39. The molecule has 21 heavy (non-hydrogen) atoms. The smallest absolute Gasteiger partial charge is 0.133 e. The van der Waals surface area contributed by atoms with Gasteiger partial charge < -0.3 is 5.32 Å². The van der Waals surface area contributed by atoms with E-state index in [4.69, 9.17) is 23.2 Å². The molecule has 0 fully saturated rings. The Morgan fingerprint density at radius 3 is 2.57 bits per heavy atom. The number of hydrogen-bond donors (Lipinski definition) is 1. The average molecular weight is 324 g/mol. The van der Waals surface area contributed by atoms with Crippen LogP contribution in [-0.2, 0) is 13.0 Å². The van der Waals surface area contributed by atoms with Crippen molar-refractivity contribution in [3.8, 4) is 0 Å². The van der Waals surface area contributed by atoms with Gasteiger partial charge >= 0.3 is 0 Å². The monoisotopic (exact) mass is 323 g/mol. The number of aromatic nitrogens is 2. The molecular formula is C16H19Cl2N3. The summed E-state index contributed by atoms with van der Waals surface area (Å²) in [7, 11) is 0. The van der Waals surface area contributed by atoms with Crippen LogP contribution in [0.25, 0.3) is 0 Å². The summed E-state index contributed by atoms with van der Waals surface area (Å²) in [5, 5.41) is 4.69. The molecule has 1 heterocycles. The highest BCUT2D eigenvalue weighted by Crippen LogP contribution is 2.22. The number of halogens is 2. The first kappa shape index (κ1) is 16.2. The van der Waals surface area contributed by atoms with Crippen LogP contribution in [0.5, 0.6) is 0 Å². The van der Waals surface area contributed by atoms with Crippen LogP contribution >= 0.6 is 23.2 Å². The van der Waals surface area contributed by atoms with Crippen molar-refractivity contribution in [1.29, 1.82) is 0 Å². The topological polar surface area (TPSA) is 37.8 Å². The van der Waals surface area contributed by atoms with Gasteiger partial charge in [0.05, 0.1) is 5.69 Å². The summed E-state index contributed by atoms with van der Waals surface area (Å²) in [6.45, 7) is 7.10. The molecule has 1 aromatic carbocycles. The Labute approximate surface area is 135 Å². The molecule has 0 radical (unpaired) electrons. The highest BCUT2D eigenvalue weighted by Gasteiger charge is 2.10. The van der Waals surface area contributed by atoms with Crippen molar-refractivity contribution in [1.82, 2.24) is 15.3 Å². The molecule has 3 nitrogen and oxygen atoms in total. The van der Waals surface area contributed by atoms with E-state index in [1.807, 2.05) is 18.2 Å². The summed E-state index contributed by atoms with van der Waals surface area (Å²) in [4.78, 5) is 8.88. The molecule has 0 saturated heterocycles. The van der Waals surface area contributed by atoms with E-state index in [2.05, 4.69) is 36.1 Å². The summed E-state index contributed by atoms with van der Waals surface area (Å²) in [6, 6.07) is 7.40. The lowest BCUT2D eigenvalue weighted by molar-refractivity contribution is 0.420. The van der Waals surface area contributed by atoms with Crippen molar-refractivity contribution in [3.05, 3.63) is 57.6 Å². The molecule has 1 N–H and O–H groups in total. The summed E-state index contributed by atoms with van der Waals surface area (Å²) in [6.07, 6.45) is 2.38. The van der Waals surface area contributed by atoms with Crippen LogP contribution < -0.4 is 5.32 Å². The lowest BCUT2D eigenvalue weighted by atomic mass is 10.1. The third-order valence-electron chi connectivity index (χ3n) is 2.93. The minimum absolute atomic E-state index is 0.0601. The van der Waals surface area contributed by atoms with Gasteiger partial charge in [0.2, 0.25) is 0 Å². The van der Waals surface area contributed by atoms with Crippen LogP contribution in [0.3, 0.4) is 0 Å². The molecule has 0 amide bonds. The Kier molecular flexibility index (Phi) is 5.20. The molecule has 0 unspecified atom stereocenters.